The van der Waals surface area contributed by atoms with Crippen LogP contribution in [0.25, 0.3) is 11.2 Å². The summed E-state index contributed by atoms with van der Waals surface area (Å²) in [6.07, 6.45) is 11.6. The van der Waals surface area contributed by atoms with Crippen molar-refractivity contribution in [2.75, 3.05) is 18.4 Å². The van der Waals surface area contributed by atoms with Gasteiger partial charge in [0.2, 0.25) is 0 Å². The first kappa shape index (κ1) is 14.2. The number of fused-ring (bicyclic) bond motifs is 1. The smallest absolute Gasteiger partial charge is 0.180 e. The summed E-state index contributed by atoms with van der Waals surface area (Å²) in [6, 6.07) is 4.61. The number of anilines is 1. The highest BCUT2D eigenvalue weighted by atomic mass is 15.0. The molecular formula is C16H23N5. The van der Waals surface area contributed by atoms with Crippen molar-refractivity contribution in [3.8, 4) is 0 Å². The van der Waals surface area contributed by atoms with Crippen LogP contribution in [0.15, 0.2) is 24.5 Å². The lowest BCUT2D eigenvalue weighted by Crippen LogP contribution is -2.32. The highest BCUT2D eigenvalue weighted by molar-refractivity contribution is 5.71. The molecule has 5 nitrogen and oxygen atoms in total. The van der Waals surface area contributed by atoms with Crippen LogP contribution in [0.5, 0.6) is 0 Å². The monoisotopic (exact) mass is 285 g/mol. The van der Waals surface area contributed by atoms with Crippen LogP contribution in [-0.2, 0) is 0 Å². The summed E-state index contributed by atoms with van der Waals surface area (Å²) in [5.74, 6) is 0.866. The minimum Gasteiger partial charge on any atom is -0.369 e. The maximum absolute atomic E-state index is 4.46. The van der Waals surface area contributed by atoms with Gasteiger partial charge in [0.1, 0.15) is 11.3 Å². The molecular weight excluding hydrogens is 262 g/mol. The highest BCUT2D eigenvalue weighted by Crippen LogP contribution is 2.17. The van der Waals surface area contributed by atoms with Gasteiger partial charge in [-0.15, -0.1) is 0 Å². The molecule has 0 aromatic carbocycles. The van der Waals surface area contributed by atoms with Crippen molar-refractivity contribution in [2.24, 2.45) is 0 Å². The lowest BCUT2D eigenvalue weighted by Gasteiger charge is -2.16. The van der Waals surface area contributed by atoms with Gasteiger partial charge in [0.15, 0.2) is 5.65 Å². The summed E-state index contributed by atoms with van der Waals surface area (Å²) in [6.45, 7) is 1.86. The molecule has 0 unspecified atom stereocenters. The molecule has 112 valence electrons. The van der Waals surface area contributed by atoms with Crippen molar-refractivity contribution in [3.05, 3.63) is 24.5 Å². The molecule has 21 heavy (non-hydrogen) atoms. The third-order valence-electron chi connectivity index (χ3n) is 4.05. The van der Waals surface area contributed by atoms with E-state index in [2.05, 4.69) is 25.6 Å². The minimum atomic E-state index is 0.694. The molecule has 1 aliphatic carbocycles. The van der Waals surface area contributed by atoms with E-state index in [0.717, 1.165) is 24.4 Å². The van der Waals surface area contributed by atoms with E-state index < -0.39 is 0 Å². The molecule has 0 radical (unpaired) electrons. The van der Waals surface area contributed by atoms with Gasteiger partial charge in [-0.1, -0.05) is 25.7 Å². The minimum absolute atomic E-state index is 0.694. The second kappa shape index (κ2) is 7.31. The number of rotatable bonds is 5. The molecule has 0 amide bonds. The fraction of sp³-hybridized carbons (Fsp3) is 0.562. The normalized spacial score (nSPS) is 16.8. The predicted octanol–water partition coefficient (Wildman–Crippen LogP) is 2.75. The Hall–Kier alpha value is -1.75. The van der Waals surface area contributed by atoms with Gasteiger partial charge in [0.05, 0.1) is 0 Å². The number of pyridine rings is 1. The molecule has 0 aliphatic heterocycles. The standard InChI is InChI=1S/C16H23N5/c1-2-4-6-13(5-3-1)17-9-11-19-15-8-7-14-16(21-15)20-12-10-18-14/h7-8,10,12-13,17H,1-6,9,11H2,(H,19,20,21). The second-order valence-corrected chi connectivity index (χ2v) is 5.66. The first-order valence-electron chi connectivity index (χ1n) is 7.97. The molecule has 2 heterocycles. The maximum Gasteiger partial charge on any atom is 0.180 e. The Morgan fingerprint density at radius 3 is 2.62 bits per heavy atom. The van der Waals surface area contributed by atoms with Gasteiger partial charge in [-0.2, -0.15) is 0 Å². The van der Waals surface area contributed by atoms with Crippen LogP contribution in [0.4, 0.5) is 5.82 Å². The molecule has 0 spiro atoms. The number of hydrogen-bond donors (Lipinski definition) is 2. The molecule has 1 fully saturated rings. The molecule has 1 saturated carbocycles. The lowest BCUT2D eigenvalue weighted by atomic mass is 10.1. The second-order valence-electron chi connectivity index (χ2n) is 5.66. The third kappa shape index (κ3) is 4.11. The van der Waals surface area contributed by atoms with Crippen LogP contribution in [0.3, 0.4) is 0 Å². The zero-order valence-electron chi connectivity index (χ0n) is 12.4. The van der Waals surface area contributed by atoms with Crippen molar-refractivity contribution in [1.29, 1.82) is 0 Å². The summed E-state index contributed by atoms with van der Waals surface area (Å²) in [5.41, 5.74) is 1.53. The Kier molecular flexibility index (Phi) is 4.94. The maximum atomic E-state index is 4.46. The first-order valence-corrected chi connectivity index (χ1v) is 7.97. The number of nitrogens with one attached hydrogen (secondary N) is 2. The van der Waals surface area contributed by atoms with Gasteiger partial charge in [0, 0.05) is 31.5 Å². The fourth-order valence-electron chi connectivity index (χ4n) is 2.90. The van der Waals surface area contributed by atoms with Crippen LogP contribution < -0.4 is 10.6 Å². The summed E-state index contributed by atoms with van der Waals surface area (Å²) < 4.78 is 0. The SMILES string of the molecule is c1cnc2nc(NCCNC3CCCCCC3)ccc2n1. The lowest BCUT2D eigenvalue weighted by molar-refractivity contribution is 0.468. The van der Waals surface area contributed by atoms with Gasteiger partial charge < -0.3 is 10.6 Å². The van der Waals surface area contributed by atoms with E-state index in [0.29, 0.717) is 11.7 Å². The van der Waals surface area contributed by atoms with Crippen LogP contribution in [0, 0.1) is 0 Å². The summed E-state index contributed by atoms with van der Waals surface area (Å²) in [5, 5.41) is 7.00. The van der Waals surface area contributed by atoms with Crippen molar-refractivity contribution in [3.63, 3.8) is 0 Å². The number of hydrogen-bond acceptors (Lipinski definition) is 5. The Bertz CT molecular complexity index is 563. The van der Waals surface area contributed by atoms with E-state index in [9.17, 15) is 0 Å². The van der Waals surface area contributed by atoms with Gasteiger partial charge in [0.25, 0.3) is 0 Å². The molecule has 1 aliphatic rings. The number of aromatic nitrogens is 3. The van der Waals surface area contributed by atoms with Crippen molar-refractivity contribution < 1.29 is 0 Å². The van der Waals surface area contributed by atoms with Crippen LogP contribution >= 0.6 is 0 Å². The fourth-order valence-corrected chi connectivity index (χ4v) is 2.90. The first-order chi connectivity index (χ1) is 10.4. The molecule has 2 aromatic heterocycles. The van der Waals surface area contributed by atoms with Crippen molar-refractivity contribution in [2.45, 2.75) is 44.6 Å². The highest BCUT2D eigenvalue weighted by Gasteiger charge is 2.10. The van der Waals surface area contributed by atoms with Crippen molar-refractivity contribution in [1.82, 2.24) is 20.3 Å². The Morgan fingerprint density at radius 2 is 1.76 bits per heavy atom. The average molecular weight is 285 g/mol. The number of nitrogens with zero attached hydrogens (tertiary/aromatic N) is 3. The van der Waals surface area contributed by atoms with Gasteiger partial charge in [-0.25, -0.2) is 9.97 Å². The Morgan fingerprint density at radius 1 is 0.952 bits per heavy atom. The Balaban J connectivity index is 1.45. The van der Waals surface area contributed by atoms with E-state index in [-0.39, 0.29) is 0 Å². The average Bonchev–Trinajstić information content (AvgIpc) is 2.80. The van der Waals surface area contributed by atoms with Crippen LogP contribution in [0.2, 0.25) is 0 Å². The van der Waals surface area contributed by atoms with Crippen LogP contribution in [0.1, 0.15) is 38.5 Å². The quantitative estimate of drug-likeness (QED) is 0.653. The van der Waals surface area contributed by atoms with E-state index in [1.54, 1.807) is 12.4 Å². The van der Waals surface area contributed by atoms with E-state index in [1.165, 1.54) is 38.5 Å². The largest absolute Gasteiger partial charge is 0.369 e. The van der Waals surface area contributed by atoms with Gasteiger partial charge in [-0.3, -0.25) is 4.98 Å². The summed E-state index contributed by atoms with van der Waals surface area (Å²) in [7, 11) is 0. The Labute approximate surface area is 125 Å². The third-order valence-corrected chi connectivity index (χ3v) is 4.05. The zero-order valence-corrected chi connectivity index (χ0v) is 12.4. The van der Waals surface area contributed by atoms with E-state index in [1.807, 2.05) is 12.1 Å². The summed E-state index contributed by atoms with van der Waals surface area (Å²) >= 11 is 0. The summed E-state index contributed by atoms with van der Waals surface area (Å²) in [4.78, 5) is 12.9. The topological polar surface area (TPSA) is 62.7 Å². The zero-order chi connectivity index (χ0) is 14.3. The van der Waals surface area contributed by atoms with E-state index >= 15 is 0 Å². The predicted molar refractivity (Wildman–Crippen MR) is 85.3 cm³/mol. The molecule has 0 bridgehead atoms. The van der Waals surface area contributed by atoms with E-state index in [4.69, 9.17) is 0 Å². The molecule has 2 N–H and O–H groups in total. The van der Waals surface area contributed by atoms with Gasteiger partial charge >= 0.3 is 0 Å². The molecule has 0 atom stereocenters. The van der Waals surface area contributed by atoms with Crippen molar-refractivity contribution >= 4 is 17.0 Å². The molecule has 3 rings (SSSR count). The molecule has 5 heteroatoms. The molecule has 0 saturated heterocycles. The van der Waals surface area contributed by atoms with Crippen LogP contribution in [-0.4, -0.2) is 34.1 Å². The molecule has 2 aromatic rings. The van der Waals surface area contributed by atoms with Gasteiger partial charge in [-0.05, 0) is 25.0 Å².